The number of hydrogen-bond donors (Lipinski definition) is 2. The summed E-state index contributed by atoms with van der Waals surface area (Å²) in [6.07, 6.45) is 0. The summed E-state index contributed by atoms with van der Waals surface area (Å²) in [5.41, 5.74) is 8.47. The van der Waals surface area contributed by atoms with Crippen LogP contribution in [0.25, 0.3) is 0 Å². The number of anilines is 1. The number of nitrogens with one attached hydrogen (secondary N) is 1. The number of halogens is 1. The van der Waals surface area contributed by atoms with Gasteiger partial charge in [0.15, 0.2) is 0 Å². The molecule has 1 aromatic heterocycles. The Kier molecular flexibility index (Phi) is 3.98. The van der Waals surface area contributed by atoms with Gasteiger partial charge in [0.1, 0.15) is 11.7 Å². The van der Waals surface area contributed by atoms with Crippen LogP contribution in [-0.2, 0) is 6.54 Å². The van der Waals surface area contributed by atoms with Crippen molar-refractivity contribution in [2.75, 3.05) is 11.9 Å². The molecule has 0 aliphatic heterocycles. The summed E-state index contributed by atoms with van der Waals surface area (Å²) < 4.78 is 13.3. The van der Waals surface area contributed by atoms with Crippen molar-refractivity contribution in [3.63, 3.8) is 0 Å². The number of nitrogens with two attached hydrogens (primary N) is 1. The van der Waals surface area contributed by atoms with Gasteiger partial charge in [-0.05, 0) is 37.3 Å². The lowest BCUT2D eigenvalue weighted by molar-refractivity contribution is 0.627. The molecule has 0 fully saturated rings. The Morgan fingerprint density at radius 2 is 2.10 bits per heavy atom. The molecule has 4 nitrogen and oxygen atoms in total. The lowest BCUT2D eigenvalue weighted by Gasteiger charge is -2.22. The molecule has 20 heavy (non-hydrogen) atoms. The summed E-state index contributed by atoms with van der Waals surface area (Å²) in [5, 5.41) is 7.55. The van der Waals surface area contributed by atoms with Crippen molar-refractivity contribution < 1.29 is 4.39 Å². The number of aryl methyl sites for hydroxylation is 1. The molecule has 104 valence electrons. The van der Waals surface area contributed by atoms with Gasteiger partial charge in [-0.2, -0.15) is 0 Å². The molecular weight excluding hydrogens is 255 g/mol. The van der Waals surface area contributed by atoms with Crippen molar-refractivity contribution >= 4 is 11.5 Å². The summed E-state index contributed by atoms with van der Waals surface area (Å²) in [7, 11) is 1.86. The third kappa shape index (κ3) is 3.12. The van der Waals surface area contributed by atoms with Crippen LogP contribution in [-0.4, -0.2) is 17.9 Å². The van der Waals surface area contributed by atoms with Gasteiger partial charge in [-0.25, -0.2) is 4.39 Å². The highest BCUT2D eigenvalue weighted by atomic mass is 19.1. The molecule has 3 N–H and O–H groups in total. The highest BCUT2D eigenvalue weighted by molar-refractivity contribution is 6.00. The number of hydrogen-bond acceptors (Lipinski definition) is 3. The molecule has 1 aromatic carbocycles. The topological polar surface area (TPSA) is 66.0 Å². The maximum atomic E-state index is 13.3. The van der Waals surface area contributed by atoms with Crippen LogP contribution in [0, 0.1) is 18.2 Å². The van der Waals surface area contributed by atoms with E-state index in [1.54, 1.807) is 6.07 Å². The van der Waals surface area contributed by atoms with Crippen LogP contribution in [0.3, 0.4) is 0 Å². The summed E-state index contributed by atoms with van der Waals surface area (Å²) in [6, 6.07) is 10.1. The van der Waals surface area contributed by atoms with Crippen molar-refractivity contribution in [3.05, 3.63) is 59.2 Å². The average molecular weight is 272 g/mol. The van der Waals surface area contributed by atoms with Gasteiger partial charge in [0, 0.05) is 24.0 Å². The Morgan fingerprint density at radius 3 is 2.75 bits per heavy atom. The molecule has 0 bridgehead atoms. The van der Waals surface area contributed by atoms with E-state index in [4.69, 9.17) is 11.1 Å². The number of nitrogens with zero attached hydrogens (tertiary/aromatic N) is 2. The Hall–Kier alpha value is -2.43. The Morgan fingerprint density at radius 1 is 1.35 bits per heavy atom. The van der Waals surface area contributed by atoms with E-state index in [0.717, 1.165) is 11.4 Å². The quantitative estimate of drug-likeness (QED) is 0.663. The molecule has 0 saturated carbocycles. The number of benzene rings is 1. The van der Waals surface area contributed by atoms with Crippen molar-refractivity contribution in [1.29, 1.82) is 5.41 Å². The molecular formula is C15H17FN4. The van der Waals surface area contributed by atoms with Gasteiger partial charge >= 0.3 is 0 Å². The number of aromatic nitrogens is 1. The van der Waals surface area contributed by atoms with E-state index in [0.29, 0.717) is 17.8 Å². The minimum Gasteiger partial charge on any atom is -0.384 e. The van der Waals surface area contributed by atoms with E-state index in [9.17, 15) is 4.39 Å². The number of pyridine rings is 1. The highest BCUT2D eigenvalue weighted by Crippen LogP contribution is 2.21. The fraction of sp³-hybridized carbons (Fsp3) is 0.200. The van der Waals surface area contributed by atoms with Gasteiger partial charge in [0.25, 0.3) is 0 Å². The molecule has 0 atom stereocenters. The first-order valence-electron chi connectivity index (χ1n) is 6.25. The van der Waals surface area contributed by atoms with Crippen LogP contribution in [0.2, 0.25) is 0 Å². The molecule has 0 amide bonds. The smallest absolute Gasteiger partial charge is 0.125 e. The van der Waals surface area contributed by atoms with Crippen LogP contribution in [0.4, 0.5) is 10.1 Å². The first-order chi connectivity index (χ1) is 9.47. The standard InChI is InChI=1S/C15H17FN4/c1-10-4-3-5-12(19-10)9-20(2)14-7-6-11(16)8-13(14)15(17)18/h3-8H,9H2,1-2H3,(H3,17,18). The minimum atomic E-state index is -0.402. The third-order valence-electron chi connectivity index (χ3n) is 3.01. The fourth-order valence-corrected chi connectivity index (χ4v) is 2.07. The molecule has 0 aliphatic carbocycles. The first kappa shape index (κ1) is 14.0. The number of amidine groups is 1. The van der Waals surface area contributed by atoms with Crippen molar-refractivity contribution in [2.45, 2.75) is 13.5 Å². The monoisotopic (exact) mass is 272 g/mol. The average Bonchev–Trinajstić information content (AvgIpc) is 2.38. The zero-order valence-corrected chi connectivity index (χ0v) is 11.5. The lowest BCUT2D eigenvalue weighted by atomic mass is 10.1. The first-order valence-corrected chi connectivity index (χ1v) is 6.25. The second-order valence-electron chi connectivity index (χ2n) is 4.70. The Labute approximate surface area is 117 Å². The van der Waals surface area contributed by atoms with Gasteiger partial charge in [0.05, 0.1) is 12.2 Å². The molecule has 1 heterocycles. The summed E-state index contributed by atoms with van der Waals surface area (Å²) in [5.74, 6) is -0.551. The van der Waals surface area contributed by atoms with E-state index in [1.165, 1.54) is 12.1 Å². The van der Waals surface area contributed by atoms with E-state index < -0.39 is 5.82 Å². The van der Waals surface area contributed by atoms with E-state index in [2.05, 4.69) is 4.98 Å². The fourth-order valence-electron chi connectivity index (χ4n) is 2.07. The largest absolute Gasteiger partial charge is 0.384 e. The van der Waals surface area contributed by atoms with Crippen molar-refractivity contribution in [1.82, 2.24) is 4.98 Å². The Balaban J connectivity index is 2.29. The zero-order chi connectivity index (χ0) is 14.7. The second kappa shape index (κ2) is 5.69. The number of rotatable bonds is 4. The highest BCUT2D eigenvalue weighted by Gasteiger charge is 2.12. The van der Waals surface area contributed by atoms with Crippen LogP contribution >= 0.6 is 0 Å². The zero-order valence-electron chi connectivity index (χ0n) is 11.5. The van der Waals surface area contributed by atoms with Crippen LogP contribution in [0.15, 0.2) is 36.4 Å². The molecule has 5 heteroatoms. The third-order valence-corrected chi connectivity index (χ3v) is 3.01. The molecule has 0 spiro atoms. The molecule has 0 unspecified atom stereocenters. The van der Waals surface area contributed by atoms with Gasteiger partial charge < -0.3 is 10.6 Å². The van der Waals surface area contributed by atoms with E-state index >= 15 is 0 Å². The molecule has 2 aromatic rings. The van der Waals surface area contributed by atoms with Crippen LogP contribution < -0.4 is 10.6 Å². The number of nitrogen functional groups attached to an aromatic ring is 1. The summed E-state index contributed by atoms with van der Waals surface area (Å²) in [4.78, 5) is 6.33. The van der Waals surface area contributed by atoms with Crippen molar-refractivity contribution in [3.8, 4) is 0 Å². The van der Waals surface area contributed by atoms with E-state index in [-0.39, 0.29) is 5.84 Å². The normalized spacial score (nSPS) is 10.3. The van der Waals surface area contributed by atoms with E-state index in [1.807, 2.05) is 37.1 Å². The summed E-state index contributed by atoms with van der Waals surface area (Å²) in [6.45, 7) is 2.50. The van der Waals surface area contributed by atoms with Crippen LogP contribution in [0.5, 0.6) is 0 Å². The van der Waals surface area contributed by atoms with Crippen LogP contribution in [0.1, 0.15) is 17.0 Å². The van der Waals surface area contributed by atoms with Crippen molar-refractivity contribution in [2.24, 2.45) is 5.73 Å². The maximum Gasteiger partial charge on any atom is 0.125 e. The second-order valence-corrected chi connectivity index (χ2v) is 4.70. The molecule has 0 radical (unpaired) electrons. The van der Waals surface area contributed by atoms with Gasteiger partial charge in [0.2, 0.25) is 0 Å². The Bertz CT molecular complexity index is 640. The van der Waals surface area contributed by atoms with Gasteiger partial charge in [-0.3, -0.25) is 10.4 Å². The lowest BCUT2D eigenvalue weighted by Crippen LogP contribution is -2.22. The minimum absolute atomic E-state index is 0.149. The van der Waals surface area contributed by atoms with Gasteiger partial charge in [-0.1, -0.05) is 6.07 Å². The predicted octanol–water partition coefficient (Wildman–Crippen LogP) is 2.45. The molecule has 0 aliphatic rings. The molecule has 2 rings (SSSR count). The summed E-state index contributed by atoms with van der Waals surface area (Å²) >= 11 is 0. The maximum absolute atomic E-state index is 13.3. The SMILES string of the molecule is Cc1cccc(CN(C)c2ccc(F)cc2C(=N)N)n1. The van der Waals surface area contributed by atoms with Gasteiger partial charge in [-0.15, -0.1) is 0 Å². The molecule has 0 saturated heterocycles. The predicted molar refractivity (Wildman–Crippen MR) is 78.5 cm³/mol.